The quantitative estimate of drug-likeness (QED) is 0.151. The molecule has 39 heavy (non-hydrogen) atoms. The summed E-state index contributed by atoms with van der Waals surface area (Å²) < 4.78 is 82.9. The Balaban J connectivity index is 1.42. The summed E-state index contributed by atoms with van der Waals surface area (Å²) in [6, 6.07) is 22.8. The first-order chi connectivity index (χ1) is 18.6. The van der Waals surface area contributed by atoms with E-state index >= 15 is 8.78 Å². The molecular weight excluding hydrogens is 510 g/mol. The van der Waals surface area contributed by atoms with Gasteiger partial charge in [0.15, 0.2) is 0 Å². The van der Waals surface area contributed by atoms with Crippen LogP contribution < -0.4 is 0 Å². The second-order valence-corrected chi connectivity index (χ2v) is 9.31. The molecule has 0 aromatic heterocycles. The number of halogens is 6. The molecule has 0 amide bonds. The monoisotopic (exact) mass is 532 g/mol. The summed E-state index contributed by atoms with van der Waals surface area (Å²) in [5.41, 5.74) is 1.54. The van der Waals surface area contributed by atoms with E-state index < -0.39 is 29.2 Å². The summed E-state index contributed by atoms with van der Waals surface area (Å²) in [5.74, 6) is -2.89. The molecule has 0 aliphatic carbocycles. The molecular formula is C33H22F6. The predicted octanol–water partition coefficient (Wildman–Crippen LogP) is 10.4. The molecule has 0 atom stereocenters. The van der Waals surface area contributed by atoms with Crippen LogP contribution in [0.2, 0.25) is 0 Å². The van der Waals surface area contributed by atoms with Crippen molar-refractivity contribution in [3.63, 3.8) is 0 Å². The molecule has 0 saturated carbocycles. The van der Waals surface area contributed by atoms with E-state index in [4.69, 9.17) is 0 Å². The van der Waals surface area contributed by atoms with Crippen molar-refractivity contribution < 1.29 is 26.3 Å². The maximum Gasteiger partial charge on any atom is 0.419 e. The number of alkyl halides is 3. The van der Waals surface area contributed by atoms with Crippen LogP contribution in [0, 0.1) is 17.5 Å². The molecule has 5 aromatic carbocycles. The van der Waals surface area contributed by atoms with Crippen LogP contribution in [0.25, 0.3) is 44.2 Å². The fourth-order valence-corrected chi connectivity index (χ4v) is 4.67. The zero-order valence-electron chi connectivity index (χ0n) is 20.6. The van der Waals surface area contributed by atoms with E-state index in [1.807, 2.05) is 36.4 Å². The molecule has 5 rings (SSSR count). The molecule has 0 saturated heterocycles. The molecule has 0 aliphatic heterocycles. The van der Waals surface area contributed by atoms with Crippen molar-refractivity contribution >= 4 is 10.8 Å². The Bertz CT molecular complexity index is 1660. The molecule has 0 nitrogen and oxygen atoms in total. The highest BCUT2D eigenvalue weighted by molar-refractivity contribution is 5.88. The van der Waals surface area contributed by atoms with Crippen molar-refractivity contribution in [3.05, 3.63) is 132 Å². The predicted molar refractivity (Wildman–Crippen MR) is 144 cm³/mol. The van der Waals surface area contributed by atoms with Gasteiger partial charge in [-0.1, -0.05) is 66.7 Å². The smallest absolute Gasteiger partial charge is 0.206 e. The third-order valence-electron chi connectivity index (χ3n) is 6.70. The van der Waals surface area contributed by atoms with Crippen molar-refractivity contribution in [2.75, 3.05) is 0 Å². The Hall–Kier alpha value is -4.32. The van der Waals surface area contributed by atoms with Gasteiger partial charge in [-0.3, -0.25) is 0 Å². The molecule has 0 N–H and O–H groups in total. The van der Waals surface area contributed by atoms with Gasteiger partial charge in [0.25, 0.3) is 0 Å². The number of hydrogen-bond acceptors (Lipinski definition) is 0. The molecule has 0 spiro atoms. The Morgan fingerprint density at radius 2 is 1.10 bits per heavy atom. The highest BCUT2D eigenvalue weighted by atomic mass is 19.4. The lowest BCUT2D eigenvalue weighted by Gasteiger charge is -2.12. The minimum atomic E-state index is -4.80. The molecule has 0 aliphatic rings. The second-order valence-electron chi connectivity index (χ2n) is 9.31. The van der Waals surface area contributed by atoms with E-state index in [1.165, 1.54) is 42.0 Å². The van der Waals surface area contributed by atoms with Gasteiger partial charge in [-0.15, -0.1) is 6.58 Å². The maximum absolute atomic E-state index is 15.2. The van der Waals surface area contributed by atoms with Crippen molar-refractivity contribution in [1.82, 2.24) is 0 Å². The highest BCUT2D eigenvalue weighted by Gasteiger charge is 2.34. The van der Waals surface area contributed by atoms with E-state index in [9.17, 15) is 17.6 Å². The van der Waals surface area contributed by atoms with Gasteiger partial charge < -0.3 is 0 Å². The SMILES string of the molecule is C=CCCc1ccc2cc(-c3cc(F)c(-c4ccc(-c5ccc(C(F)(F)F)c(F)c5)cc4)c(F)c3)ccc2c1. The molecule has 0 heterocycles. The van der Waals surface area contributed by atoms with E-state index in [0.29, 0.717) is 22.8 Å². The van der Waals surface area contributed by atoms with E-state index in [1.54, 1.807) is 0 Å². The van der Waals surface area contributed by atoms with Gasteiger partial charge in [0, 0.05) is 0 Å². The van der Waals surface area contributed by atoms with Gasteiger partial charge in [0.1, 0.15) is 17.5 Å². The van der Waals surface area contributed by atoms with Crippen LogP contribution >= 0.6 is 0 Å². The van der Waals surface area contributed by atoms with Gasteiger partial charge in [-0.2, -0.15) is 13.2 Å². The van der Waals surface area contributed by atoms with Crippen LogP contribution in [-0.2, 0) is 12.6 Å². The lowest BCUT2D eigenvalue weighted by atomic mass is 9.95. The van der Waals surface area contributed by atoms with Crippen LogP contribution in [0.1, 0.15) is 17.5 Å². The van der Waals surface area contributed by atoms with Crippen LogP contribution in [0.15, 0.2) is 104 Å². The number of benzene rings is 5. The second kappa shape index (κ2) is 10.4. The van der Waals surface area contributed by atoms with Crippen molar-refractivity contribution in [1.29, 1.82) is 0 Å². The minimum absolute atomic E-state index is 0.215. The molecule has 0 bridgehead atoms. The highest BCUT2D eigenvalue weighted by Crippen LogP contribution is 2.36. The third-order valence-corrected chi connectivity index (χ3v) is 6.70. The van der Waals surface area contributed by atoms with Gasteiger partial charge in [-0.05, 0) is 87.3 Å². The van der Waals surface area contributed by atoms with Crippen molar-refractivity contribution in [2.45, 2.75) is 19.0 Å². The first kappa shape index (κ1) is 26.3. The average molecular weight is 533 g/mol. The lowest BCUT2D eigenvalue weighted by Crippen LogP contribution is -2.07. The number of aryl methyl sites for hydroxylation is 1. The summed E-state index contributed by atoms with van der Waals surface area (Å²) >= 11 is 0. The van der Waals surface area contributed by atoms with Gasteiger partial charge in [-0.25, -0.2) is 13.2 Å². The third kappa shape index (κ3) is 5.46. The van der Waals surface area contributed by atoms with E-state index in [2.05, 4.69) is 12.6 Å². The molecule has 0 fully saturated rings. The summed E-state index contributed by atoms with van der Waals surface area (Å²) in [7, 11) is 0. The zero-order chi connectivity index (χ0) is 27.7. The van der Waals surface area contributed by atoms with Gasteiger partial charge in [0.2, 0.25) is 0 Å². The minimum Gasteiger partial charge on any atom is -0.206 e. The number of fused-ring (bicyclic) bond motifs is 1. The summed E-state index contributed by atoms with van der Waals surface area (Å²) in [6.45, 7) is 3.75. The van der Waals surface area contributed by atoms with Crippen molar-refractivity contribution in [2.24, 2.45) is 0 Å². The summed E-state index contributed by atoms with van der Waals surface area (Å²) in [5, 5.41) is 1.99. The maximum atomic E-state index is 15.2. The Labute approximate surface area is 221 Å². The Kier molecular flexibility index (Phi) is 7.04. The number of hydrogen-bond donors (Lipinski definition) is 0. The van der Waals surface area contributed by atoms with Crippen LogP contribution in [0.3, 0.4) is 0 Å². The van der Waals surface area contributed by atoms with Crippen LogP contribution in [0.4, 0.5) is 26.3 Å². The fourth-order valence-electron chi connectivity index (χ4n) is 4.67. The average Bonchev–Trinajstić information content (AvgIpc) is 2.90. The van der Waals surface area contributed by atoms with Crippen LogP contribution in [0.5, 0.6) is 0 Å². The standard InChI is InChI=1S/C33H22F6/c1-2-3-4-20-5-6-24-16-25(12-11-23(24)15-20)27-18-30(35)32(31(36)19-27)22-9-7-21(8-10-22)26-13-14-28(29(34)17-26)33(37,38)39/h2,5-19H,1,3-4H2. The molecule has 0 unspecified atom stereocenters. The fraction of sp³-hybridized carbons (Fsp3) is 0.0909. The first-order valence-corrected chi connectivity index (χ1v) is 12.2. The first-order valence-electron chi connectivity index (χ1n) is 12.2. The van der Waals surface area contributed by atoms with Crippen molar-refractivity contribution in [3.8, 4) is 33.4 Å². The molecule has 5 aromatic rings. The Morgan fingerprint density at radius 1 is 0.564 bits per heavy atom. The van der Waals surface area contributed by atoms with E-state index in [-0.39, 0.29) is 16.7 Å². The summed E-state index contributed by atoms with van der Waals surface area (Å²) in [6.07, 6.45) is -1.16. The van der Waals surface area contributed by atoms with Gasteiger partial charge in [0.05, 0.1) is 11.1 Å². The largest absolute Gasteiger partial charge is 0.419 e. The zero-order valence-corrected chi connectivity index (χ0v) is 20.6. The Morgan fingerprint density at radius 3 is 1.74 bits per heavy atom. The van der Waals surface area contributed by atoms with E-state index in [0.717, 1.165) is 35.7 Å². The molecule has 6 heteroatoms. The molecule has 196 valence electrons. The van der Waals surface area contributed by atoms with Crippen LogP contribution in [-0.4, -0.2) is 0 Å². The summed E-state index contributed by atoms with van der Waals surface area (Å²) in [4.78, 5) is 0. The lowest BCUT2D eigenvalue weighted by molar-refractivity contribution is -0.139. The normalized spacial score (nSPS) is 11.6. The topological polar surface area (TPSA) is 0 Å². The van der Waals surface area contributed by atoms with Gasteiger partial charge >= 0.3 is 6.18 Å². The molecule has 0 radical (unpaired) electrons. The number of allylic oxidation sites excluding steroid dienone is 1. The number of rotatable bonds is 6.